The lowest BCUT2D eigenvalue weighted by atomic mass is 9.89. The Bertz CT molecular complexity index is 873. The SMILES string of the molecule is Cc1cc(C)cc(OCc2nc(C(=O)N[C@@H]3CCCC[C@H]3NC(=O)C(C)C)cs2)c1. The molecule has 2 atom stereocenters. The Morgan fingerprint density at radius 3 is 2.37 bits per heavy atom. The first-order chi connectivity index (χ1) is 14.3. The van der Waals surface area contributed by atoms with Crippen LogP contribution in [0.25, 0.3) is 0 Å². The number of amides is 2. The van der Waals surface area contributed by atoms with E-state index in [9.17, 15) is 9.59 Å². The number of rotatable bonds is 7. The molecule has 1 heterocycles. The Kier molecular flexibility index (Phi) is 7.48. The van der Waals surface area contributed by atoms with Gasteiger partial charge >= 0.3 is 0 Å². The monoisotopic (exact) mass is 429 g/mol. The van der Waals surface area contributed by atoms with E-state index in [2.05, 4.69) is 21.7 Å². The average Bonchev–Trinajstić information content (AvgIpc) is 3.16. The summed E-state index contributed by atoms with van der Waals surface area (Å²) in [4.78, 5) is 29.3. The predicted molar refractivity (Wildman–Crippen MR) is 119 cm³/mol. The van der Waals surface area contributed by atoms with Crippen LogP contribution in [0.1, 0.15) is 66.2 Å². The molecule has 1 aliphatic carbocycles. The van der Waals surface area contributed by atoms with Gasteiger partial charge in [-0.25, -0.2) is 4.98 Å². The lowest BCUT2D eigenvalue weighted by molar-refractivity contribution is -0.125. The van der Waals surface area contributed by atoms with Crippen LogP contribution in [0.5, 0.6) is 5.75 Å². The Labute approximate surface area is 182 Å². The van der Waals surface area contributed by atoms with E-state index in [0.29, 0.717) is 12.3 Å². The van der Waals surface area contributed by atoms with Crippen LogP contribution in [-0.2, 0) is 11.4 Å². The topological polar surface area (TPSA) is 80.3 Å². The minimum Gasteiger partial charge on any atom is -0.486 e. The van der Waals surface area contributed by atoms with Gasteiger partial charge in [-0.1, -0.05) is 32.8 Å². The normalized spacial score (nSPS) is 18.8. The molecule has 30 heavy (non-hydrogen) atoms. The largest absolute Gasteiger partial charge is 0.486 e. The molecule has 7 heteroatoms. The summed E-state index contributed by atoms with van der Waals surface area (Å²) in [6, 6.07) is 5.99. The first-order valence-corrected chi connectivity index (χ1v) is 11.5. The molecule has 3 rings (SSSR count). The van der Waals surface area contributed by atoms with Gasteiger partial charge in [0, 0.05) is 23.4 Å². The molecule has 1 aromatic heterocycles. The third kappa shape index (κ3) is 6.05. The van der Waals surface area contributed by atoms with Crippen molar-refractivity contribution in [2.45, 2.75) is 72.1 Å². The Balaban J connectivity index is 1.57. The number of hydrogen-bond acceptors (Lipinski definition) is 5. The molecule has 162 valence electrons. The minimum atomic E-state index is -0.195. The number of nitrogens with zero attached hydrogens (tertiary/aromatic N) is 1. The average molecular weight is 430 g/mol. The number of aromatic nitrogens is 1. The van der Waals surface area contributed by atoms with Crippen molar-refractivity contribution in [1.82, 2.24) is 15.6 Å². The molecule has 6 nitrogen and oxygen atoms in total. The van der Waals surface area contributed by atoms with Crippen molar-refractivity contribution in [3.05, 3.63) is 45.4 Å². The van der Waals surface area contributed by atoms with Crippen LogP contribution >= 0.6 is 11.3 Å². The van der Waals surface area contributed by atoms with Gasteiger partial charge in [0.2, 0.25) is 5.91 Å². The van der Waals surface area contributed by atoms with Crippen molar-refractivity contribution in [3.63, 3.8) is 0 Å². The molecule has 1 aliphatic rings. The molecular formula is C23H31N3O3S. The molecule has 2 aromatic rings. The maximum absolute atomic E-state index is 12.7. The van der Waals surface area contributed by atoms with Gasteiger partial charge in [0.05, 0.1) is 0 Å². The lowest BCUT2D eigenvalue weighted by Crippen LogP contribution is -2.53. The summed E-state index contributed by atoms with van der Waals surface area (Å²) in [7, 11) is 0. The van der Waals surface area contributed by atoms with Gasteiger partial charge < -0.3 is 15.4 Å². The van der Waals surface area contributed by atoms with E-state index < -0.39 is 0 Å². The van der Waals surface area contributed by atoms with E-state index in [-0.39, 0.29) is 29.8 Å². The van der Waals surface area contributed by atoms with Gasteiger partial charge in [-0.05, 0) is 49.9 Å². The third-order valence-corrected chi connectivity index (χ3v) is 6.10. The number of aryl methyl sites for hydroxylation is 2. The number of carbonyl (C=O) groups excluding carboxylic acids is 2. The van der Waals surface area contributed by atoms with Crippen molar-refractivity contribution in [1.29, 1.82) is 0 Å². The van der Waals surface area contributed by atoms with Crippen LogP contribution < -0.4 is 15.4 Å². The fourth-order valence-corrected chi connectivity index (χ4v) is 4.40. The van der Waals surface area contributed by atoms with Crippen molar-refractivity contribution in [2.24, 2.45) is 5.92 Å². The van der Waals surface area contributed by atoms with E-state index in [4.69, 9.17) is 4.74 Å². The number of thiazole rings is 1. The molecule has 0 saturated heterocycles. The first kappa shape index (κ1) is 22.3. The zero-order valence-corrected chi connectivity index (χ0v) is 19.0. The maximum atomic E-state index is 12.7. The highest BCUT2D eigenvalue weighted by atomic mass is 32.1. The second kappa shape index (κ2) is 10.1. The molecule has 0 bridgehead atoms. The first-order valence-electron chi connectivity index (χ1n) is 10.6. The summed E-state index contributed by atoms with van der Waals surface area (Å²) >= 11 is 1.42. The van der Waals surface area contributed by atoms with Gasteiger partial charge in [-0.3, -0.25) is 9.59 Å². The van der Waals surface area contributed by atoms with E-state index in [1.54, 1.807) is 5.38 Å². The molecule has 0 unspecified atom stereocenters. The van der Waals surface area contributed by atoms with E-state index in [0.717, 1.165) is 47.6 Å². The summed E-state index contributed by atoms with van der Waals surface area (Å²) in [5.74, 6) is 0.571. The summed E-state index contributed by atoms with van der Waals surface area (Å²) in [5.41, 5.74) is 2.70. The molecule has 0 spiro atoms. The van der Waals surface area contributed by atoms with Gasteiger partial charge in [-0.2, -0.15) is 0 Å². The summed E-state index contributed by atoms with van der Waals surface area (Å²) < 4.78 is 5.85. The molecule has 1 fully saturated rings. The zero-order valence-electron chi connectivity index (χ0n) is 18.2. The summed E-state index contributed by atoms with van der Waals surface area (Å²) in [6.45, 7) is 8.16. The lowest BCUT2D eigenvalue weighted by Gasteiger charge is -2.33. The van der Waals surface area contributed by atoms with Crippen molar-refractivity contribution in [2.75, 3.05) is 0 Å². The Morgan fingerprint density at radius 1 is 1.10 bits per heavy atom. The molecule has 1 saturated carbocycles. The number of ether oxygens (including phenoxy) is 1. The second-order valence-corrected chi connectivity index (χ2v) is 9.32. The van der Waals surface area contributed by atoms with Crippen molar-refractivity contribution < 1.29 is 14.3 Å². The van der Waals surface area contributed by atoms with E-state index >= 15 is 0 Å². The molecule has 0 radical (unpaired) electrons. The number of hydrogen-bond donors (Lipinski definition) is 2. The summed E-state index contributed by atoms with van der Waals surface area (Å²) in [6.07, 6.45) is 3.86. The highest BCUT2D eigenvalue weighted by Gasteiger charge is 2.29. The highest BCUT2D eigenvalue weighted by molar-refractivity contribution is 7.09. The van der Waals surface area contributed by atoms with Crippen molar-refractivity contribution >= 4 is 23.2 Å². The van der Waals surface area contributed by atoms with Gasteiger partial charge in [0.15, 0.2) is 0 Å². The van der Waals surface area contributed by atoms with Crippen LogP contribution in [0.2, 0.25) is 0 Å². The number of benzene rings is 1. The third-order valence-electron chi connectivity index (χ3n) is 5.28. The minimum absolute atomic E-state index is 0.0244. The second-order valence-electron chi connectivity index (χ2n) is 8.37. The molecule has 2 amide bonds. The zero-order chi connectivity index (χ0) is 21.7. The standard InChI is InChI=1S/C23H31N3O3S/c1-14(2)22(27)25-18-7-5-6-8-19(18)26-23(28)20-13-30-21(24-20)12-29-17-10-15(3)9-16(4)11-17/h9-11,13-14,18-19H,5-8,12H2,1-4H3,(H,25,27)(H,26,28)/t18-,19-/m1/s1. The van der Waals surface area contributed by atoms with Gasteiger partial charge in [0.1, 0.15) is 23.1 Å². The smallest absolute Gasteiger partial charge is 0.271 e. The van der Waals surface area contributed by atoms with Crippen LogP contribution in [0.3, 0.4) is 0 Å². The highest BCUT2D eigenvalue weighted by Crippen LogP contribution is 2.21. The Hall–Kier alpha value is -2.41. The van der Waals surface area contributed by atoms with Crippen molar-refractivity contribution in [3.8, 4) is 5.75 Å². The maximum Gasteiger partial charge on any atom is 0.271 e. The fourth-order valence-electron chi connectivity index (χ4n) is 3.71. The van der Waals surface area contributed by atoms with E-state index in [1.165, 1.54) is 11.3 Å². The van der Waals surface area contributed by atoms with Gasteiger partial charge in [0.25, 0.3) is 5.91 Å². The van der Waals surface area contributed by atoms with E-state index in [1.807, 2.05) is 39.8 Å². The number of nitrogens with one attached hydrogen (secondary N) is 2. The van der Waals surface area contributed by atoms with Crippen LogP contribution in [-0.4, -0.2) is 28.9 Å². The molecule has 0 aliphatic heterocycles. The Morgan fingerprint density at radius 2 is 1.73 bits per heavy atom. The quantitative estimate of drug-likeness (QED) is 0.693. The fraction of sp³-hybridized carbons (Fsp3) is 0.522. The molecular weight excluding hydrogens is 398 g/mol. The predicted octanol–water partition coefficient (Wildman–Crippen LogP) is 4.15. The molecule has 2 N–H and O–H groups in total. The summed E-state index contributed by atoms with van der Waals surface area (Å²) in [5, 5.41) is 8.69. The van der Waals surface area contributed by atoms with Crippen LogP contribution in [0.4, 0.5) is 0 Å². The number of carbonyl (C=O) groups is 2. The van der Waals surface area contributed by atoms with Crippen LogP contribution in [0.15, 0.2) is 23.6 Å². The van der Waals surface area contributed by atoms with Crippen LogP contribution in [0, 0.1) is 19.8 Å². The van der Waals surface area contributed by atoms with Gasteiger partial charge in [-0.15, -0.1) is 11.3 Å². The molecule has 1 aromatic carbocycles.